The summed E-state index contributed by atoms with van der Waals surface area (Å²) in [7, 11) is 0. The van der Waals surface area contributed by atoms with Gasteiger partial charge in [0.2, 0.25) is 5.91 Å². The molecule has 0 saturated carbocycles. The van der Waals surface area contributed by atoms with E-state index in [-0.39, 0.29) is 18.9 Å². The minimum Gasteiger partial charge on any atom is -0.394 e. The number of halogens is 2. The third-order valence-electron chi connectivity index (χ3n) is 3.56. The second-order valence-corrected chi connectivity index (χ2v) is 5.79. The average molecular weight is 318 g/mol. The van der Waals surface area contributed by atoms with Gasteiger partial charge in [0.05, 0.1) is 18.6 Å². The SMILES string of the molecule is O=C(Cc1c(Cl)cccc1Cl)NC1(CO)CCOCC1. The number of aliphatic hydroxyl groups is 1. The largest absolute Gasteiger partial charge is 0.394 e. The van der Waals surface area contributed by atoms with Gasteiger partial charge in [0.1, 0.15) is 0 Å². The first-order chi connectivity index (χ1) is 9.56. The summed E-state index contributed by atoms with van der Waals surface area (Å²) in [6, 6.07) is 5.14. The average Bonchev–Trinajstić information content (AvgIpc) is 2.44. The van der Waals surface area contributed by atoms with Gasteiger partial charge in [0.25, 0.3) is 0 Å². The Labute approximate surface area is 128 Å². The maximum atomic E-state index is 12.2. The van der Waals surface area contributed by atoms with E-state index in [9.17, 15) is 9.90 Å². The van der Waals surface area contributed by atoms with Crippen LogP contribution >= 0.6 is 23.2 Å². The van der Waals surface area contributed by atoms with Gasteiger partial charge in [-0.1, -0.05) is 29.3 Å². The van der Waals surface area contributed by atoms with Gasteiger partial charge in [-0.3, -0.25) is 4.79 Å². The van der Waals surface area contributed by atoms with Crippen molar-refractivity contribution in [1.29, 1.82) is 0 Å². The highest BCUT2D eigenvalue weighted by atomic mass is 35.5. The summed E-state index contributed by atoms with van der Waals surface area (Å²) in [6.07, 6.45) is 1.30. The van der Waals surface area contributed by atoms with Gasteiger partial charge in [-0.2, -0.15) is 0 Å². The molecule has 1 fully saturated rings. The standard InChI is InChI=1S/C14H17Cl2NO3/c15-11-2-1-3-12(16)10(11)8-13(19)17-14(9-18)4-6-20-7-5-14/h1-3,18H,4-9H2,(H,17,19). The van der Waals surface area contributed by atoms with Gasteiger partial charge in [-0.25, -0.2) is 0 Å². The number of hydrogen-bond acceptors (Lipinski definition) is 3. The monoisotopic (exact) mass is 317 g/mol. The highest BCUT2D eigenvalue weighted by molar-refractivity contribution is 6.36. The van der Waals surface area contributed by atoms with Crippen LogP contribution in [0.1, 0.15) is 18.4 Å². The molecule has 2 N–H and O–H groups in total. The van der Waals surface area contributed by atoms with Gasteiger partial charge < -0.3 is 15.2 Å². The lowest BCUT2D eigenvalue weighted by Crippen LogP contribution is -2.55. The topological polar surface area (TPSA) is 58.6 Å². The molecule has 4 nitrogen and oxygen atoms in total. The number of carbonyl (C=O) groups is 1. The Kier molecular flexibility index (Phi) is 5.27. The summed E-state index contributed by atoms with van der Waals surface area (Å²) in [6.45, 7) is 0.972. The predicted molar refractivity (Wildman–Crippen MR) is 78.2 cm³/mol. The van der Waals surface area contributed by atoms with Gasteiger partial charge in [-0.05, 0) is 30.5 Å². The molecule has 0 radical (unpaired) electrons. The third-order valence-corrected chi connectivity index (χ3v) is 4.26. The van der Waals surface area contributed by atoms with Gasteiger partial charge in [0.15, 0.2) is 0 Å². The van der Waals surface area contributed by atoms with Gasteiger partial charge in [-0.15, -0.1) is 0 Å². The quantitative estimate of drug-likeness (QED) is 0.895. The second kappa shape index (κ2) is 6.76. The normalized spacial score (nSPS) is 17.8. The van der Waals surface area contributed by atoms with Gasteiger partial charge >= 0.3 is 0 Å². The number of nitrogens with one attached hydrogen (secondary N) is 1. The molecule has 1 saturated heterocycles. The molecule has 2 rings (SSSR count). The summed E-state index contributed by atoms with van der Waals surface area (Å²) in [5.74, 6) is -0.198. The molecule has 0 spiro atoms. The fourth-order valence-corrected chi connectivity index (χ4v) is 2.82. The second-order valence-electron chi connectivity index (χ2n) is 4.98. The van der Waals surface area contributed by atoms with Crippen LogP contribution in [-0.2, 0) is 16.0 Å². The zero-order valence-corrected chi connectivity index (χ0v) is 12.5. The van der Waals surface area contributed by atoms with Crippen molar-refractivity contribution in [1.82, 2.24) is 5.32 Å². The summed E-state index contributed by atoms with van der Waals surface area (Å²) < 4.78 is 5.26. The molecule has 1 aromatic rings. The van der Waals surface area contributed by atoms with Crippen LogP contribution in [0.2, 0.25) is 10.0 Å². The number of aliphatic hydroxyl groups excluding tert-OH is 1. The number of carbonyl (C=O) groups excluding carboxylic acids is 1. The molecule has 1 heterocycles. The lowest BCUT2D eigenvalue weighted by Gasteiger charge is -2.36. The number of hydrogen-bond donors (Lipinski definition) is 2. The van der Waals surface area contributed by atoms with Gasteiger partial charge in [0, 0.05) is 23.3 Å². The van der Waals surface area contributed by atoms with Crippen molar-refractivity contribution in [2.24, 2.45) is 0 Å². The fraction of sp³-hybridized carbons (Fsp3) is 0.500. The van der Waals surface area contributed by atoms with E-state index in [1.54, 1.807) is 18.2 Å². The van der Waals surface area contributed by atoms with Crippen LogP contribution in [0.4, 0.5) is 0 Å². The summed E-state index contributed by atoms with van der Waals surface area (Å²) in [5, 5.41) is 13.4. The van der Waals surface area contributed by atoms with Crippen molar-refractivity contribution >= 4 is 29.1 Å². The molecule has 0 aliphatic carbocycles. The summed E-state index contributed by atoms with van der Waals surface area (Å²) >= 11 is 12.1. The Balaban J connectivity index is 2.05. The van der Waals surface area contributed by atoms with Crippen LogP contribution in [0, 0.1) is 0 Å². The highest BCUT2D eigenvalue weighted by Gasteiger charge is 2.33. The molecule has 20 heavy (non-hydrogen) atoms. The Morgan fingerprint density at radius 3 is 2.45 bits per heavy atom. The molecule has 6 heteroatoms. The number of rotatable bonds is 4. The van der Waals surface area contributed by atoms with E-state index in [1.165, 1.54) is 0 Å². The van der Waals surface area contributed by atoms with Crippen LogP contribution in [-0.4, -0.2) is 36.4 Å². The molecule has 0 unspecified atom stereocenters. The predicted octanol–water partition coefficient (Wildman–Crippen LogP) is 2.19. The molecular formula is C14H17Cl2NO3. The lowest BCUT2D eigenvalue weighted by atomic mass is 9.90. The van der Waals surface area contributed by atoms with E-state index in [2.05, 4.69) is 5.32 Å². The Hall–Kier alpha value is -0.810. The van der Waals surface area contributed by atoms with Crippen molar-refractivity contribution in [2.75, 3.05) is 19.8 Å². The van der Waals surface area contributed by atoms with Crippen LogP contribution in [0.5, 0.6) is 0 Å². The molecule has 1 aromatic carbocycles. The van der Waals surface area contributed by atoms with Crippen LogP contribution in [0.25, 0.3) is 0 Å². The van der Waals surface area contributed by atoms with Crippen molar-refractivity contribution in [3.63, 3.8) is 0 Å². The zero-order valence-electron chi connectivity index (χ0n) is 11.0. The number of ether oxygens (including phenoxy) is 1. The van der Waals surface area contributed by atoms with E-state index < -0.39 is 5.54 Å². The van der Waals surface area contributed by atoms with E-state index in [0.29, 0.717) is 41.7 Å². The molecule has 110 valence electrons. The molecule has 0 bridgehead atoms. The van der Waals surface area contributed by atoms with E-state index in [4.69, 9.17) is 27.9 Å². The first-order valence-corrected chi connectivity index (χ1v) is 7.24. The minimum absolute atomic E-state index is 0.0983. The van der Waals surface area contributed by atoms with E-state index in [1.807, 2.05) is 0 Å². The highest BCUT2D eigenvalue weighted by Crippen LogP contribution is 2.25. The Bertz CT molecular complexity index is 467. The summed E-state index contributed by atoms with van der Waals surface area (Å²) in [4.78, 5) is 12.2. The Morgan fingerprint density at radius 2 is 1.90 bits per heavy atom. The molecule has 1 aliphatic rings. The lowest BCUT2D eigenvalue weighted by molar-refractivity contribution is -0.124. The third kappa shape index (κ3) is 3.64. The first-order valence-electron chi connectivity index (χ1n) is 6.49. The maximum absolute atomic E-state index is 12.2. The van der Waals surface area contributed by atoms with Crippen molar-refractivity contribution in [2.45, 2.75) is 24.8 Å². The maximum Gasteiger partial charge on any atom is 0.225 e. The first kappa shape index (κ1) is 15.6. The van der Waals surface area contributed by atoms with Crippen molar-refractivity contribution in [3.8, 4) is 0 Å². The number of amides is 1. The fourth-order valence-electron chi connectivity index (χ4n) is 2.29. The van der Waals surface area contributed by atoms with Crippen LogP contribution in [0.3, 0.4) is 0 Å². The van der Waals surface area contributed by atoms with Crippen molar-refractivity contribution < 1.29 is 14.6 Å². The summed E-state index contributed by atoms with van der Waals surface area (Å²) in [5.41, 5.74) is 0.0109. The Morgan fingerprint density at radius 1 is 1.30 bits per heavy atom. The number of benzene rings is 1. The molecular weight excluding hydrogens is 301 g/mol. The van der Waals surface area contributed by atoms with E-state index in [0.717, 1.165) is 0 Å². The zero-order chi connectivity index (χ0) is 14.6. The molecule has 1 aliphatic heterocycles. The van der Waals surface area contributed by atoms with Crippen molar-refractivity contribution in [3.05, 3.63) is 33.8 Å². The van der Waals surface area contributed by atoms with Crippen LogP contribution < -0.4 is 5.32 Å². The van der Waals surface area contributed by atoms with Crippen LogP contribution in [0.15, 0.2) is 18.2 Å². The smallest absolute Gasteiger partial charge is 0.225 e. The molecule has 1 amide bonds. The van der Waals surface area contributed by atoms with E-state index >= 15 is 0 Å². The minimum atomic E-state index is -0.594. The molecule has 0 aromatic heterocycles. The molecule has 0 atom stereocenters.